The number of aryl methyl sites for hydroxylation is 3. The Morgan fingerprint density at radius 3 is 3.04 bits per heavy atom. The quantitative estimate of drug-likeness (QED) is 0.726. The van der Waals surface area contributed by atoms with Gasteiger partial charge in [0.05, 0.1) is 5.39 Å². The molecule has 0 unspecified atom stereocenters. The van der Waals surface area contributed by atoms with Crippen molar-refractivity contribution in [3.05, 3.63) is 22.1 Å². The number of carboxylic acid groups (broad SMARTS) is 1. The Morgan fingerprint density at radius 2 is 2.26 bits per heavy atom. The maximum Gasteiger partial charge on any atom is 0.168 e. The molecule has 0 spiro atoms. The standard InChI is InChI=1S/C16H18N4O2S/c1-8-3-4-10-11(7-8)23-16-14(10)15-18-12(5-6-13(21)22)19-20(15)9(2)17-16/h8H,3-7H2,1-2H3,(H,21,22)/p-1/t8-/m0/s1. The van der Waals surface area contributed by atoms with Gasteiger partial charge >= 0.3 is 0 Å². The average molecular weight is 329 g/mol. The molecular formula is C16H17N4O2S-. The molecule has 1 atom stereocenters. The normalized spacial score (nSPS) is 17.7. The smallest absolute Gasteiger partial charge is 0.168 e. The molecule has 1 aliphatic carbocycles. The molecule has 4 rings (SSSR count). The Labute approximate surface area is 137 Å². The molecule has 0 bridgehead atoms. The Bertz CT molecular complexity index is 927. The number of rotatable bonds is 3. The van der Waals surface area contributed by atoms with Gasteiger partial charge in [-0.05, 0) is 44.1 Å². The number of carbonyl (C=O) groups is 1. The molecule has 3 aromatic heterocycles. The van der Waals surface area contributed by atoms with Gasteiger partial charge in [-0.15, -0.1) is 16.4 Å². The number of fused-ring (bicyclic) bond motifs is 5. The first-order valence-electron chi connectivity index (χ1n) is 7.89. The minimum Gasteiger partial charge on any atom is -0.550 e. The van der Waals surface area contributed by atoms with Crippen molar-refractivity contribution in [1.82, 2.24) is 19.6 Å². The maximum absolute atomic E-state index is 10.7. The van der Waals surface area contributed by atoms with Gasteiger partial charge in [0, 0.05) is 17.3 Å². The second kappa shape index (κ2) is 5.26. The third kappa shape index (κ3) is 2.39. The van der Waals surface area contributed by atoms with Gasteiger partial charge in [0.2, 0.25) is 0 Å². The molecule has 120 valence electrons. The van der Waals surface area contributed by atoms with Crippen LogP contribution in [0.5, 0.6) is 0 Å². The van der Waals surface area contributed by atoms with Crippen molar-refractivity contribution in [2.75, 3.05) is 0 Å². The highest BCUT2D eigenvalue weighted by Crippen LogP contribution is 2.38. The maximum atomic E-state index is 10.7. The van der Waals surface area contributed by atoms with Crippen molar-refractivity contribution in [2.24, 2.45) is 5.92 Å². The number of nitrogens with zero attached hydrogens (tertiary/aromatic N) is 4. The van der Waals surface area contributed by atoms with Crippen LogP contribution < -0.4 is 5.11 Å². The Morgan fingerprint density at radius 1 is 1.43 bits per heavy atom. The SMILES string of the molecule is Cc1nc2sc3c(c2c2nc(CCC(=O)[O-])nn12)CC[C@H](C)C3. The number of aromatic nitrogens is 4. The van der Waals surface area contributed by atoms with Crippen LogP contribution >= 0.6 is 11.3 Å². The predicted molar refractivity (Wildman–Crippen MR) is 85.4 cm³/mol. The predicted octanol–water partition coefficient (Wildman–Crippen LogP) is 1.45. The van der Waals surface area contributed by atoms with Crippen LogP contribution in [0.4, 0.5) is 0 Å². The summed E-state index contributed by atoms with van der Waals surface area (Å²) in [5.41, 5.74) is 2.17. The largest absolute Gasteiger partial charge is 0.550 e. The van der Waals surface area contributed by atoms with E-state index < -0.39 is 5.97 Å². The highest BCUT2D eigenvalue weighted by atomic mass is 32.1. The molecular weight excluding hydrogens is 312 g/mol. The molecule has 0 radical (unpaired) electrons. The first kappa shape index (κ1) is 14.6. The van der Waals surface area contributed by atoms with E-state index in [9.17, 15) is 9.90 Å². The summed E-state index contributed by atoms with van der Waals surface area (Å²) in [7, 11) is 0. The number of hydrogen-bond acceptors (Lipinski definition) is 6. The third-order valence-electron chi connectivity index (χ3n) is 4.49. The summed E-state index contributed by atoms with van der Waals surface area (Å²) in [6.07, 6.45) is 3.57. The van der Waals surface area contributed by atoms with E-state index in [0.717, 1.165) is 34.5 Å². The van der Waals surface area contributed by atoms with Gasteiger partial charge in [0.1, 0.15) is 10.7 Å². The molecule has 1 aliphatic rings. The fraction of sp³-hybridized carbons (Fsp3) is 0.500. The highest BCUT2D eigenvalue weighted by Gasteiger charge is 2.24. The fourth-order valence-electron chi connectivity index (χ4n) is 3.30. The van der Waals surface area contributed by atoms with Crippen LogP contribution in [0.3, 0.4) is 0 Å². The molecule has 23 heavy (non-hydrogen) atoms. The van der Waals surface area contributed by atoms with Crippen molar-refractivity contribution in [1.29, 1.82) is 0 Å². The van der Waals surface area contributed by atoms with Gasteiger partial charge in [0.15, 0.2) is 11.5 Å². The van der Waals surface area contributed by atoms with Gasteiger partial charge in [0.25, 0.3) is 0 Å². The lowest BCUT2D eigenvalue weighted by molar-refractivity contribution is -0.305. The molecule has 0 fully saturated rings. The first-order valence-corrected chi connectivity index (χ1v) is 8.71. The molecule has 0 N–H and O–H groups in total. The van der Waals surface area contributed by atoms with Crippen LogP contribution in [0.25, 0.3) is 15.9 Å². The summed E-state index contributed by atoms with van der Waals surface area (Å²) >= 11 is 1.76. The van der Waals surface area contributed by atoms with E-state index in [4.69, 9.17) is 4.98 Å². The van der Waals surface area contributed by atoms with Gasteiger partial charge < -0.3 is 9.90 Å². The van der Waals surface area contributed by atoms with E-state index >= 15 is 0 Å². The second-order valence-electron chi connectivity index (χ2n) is 6.33. The topological polar surface area (TPSA) is 83.2 Å². The zero-order chi connectivity index (χ0) is 16.1. The van der Waals surface area contributed by atoms with E-state index in [-0.39, 0.29) is 12.8 Å². The van der Waals surface area contributed by atoms with Crippen LogP contribution in [0.15, 0.2) is 0 Å². The molecule has 0 aromatic carbocycles. The summed E-state index contributed by atoms with van der Waals surface area (Å²) in [5, 5.41) is 16.2. The molecule has 3 aromatic rings. The molecule has 6 nitrogen and oxygen atoms in total. The molecule has 0 saturated heterocycles. The van der Waals surface area contributed by atoms with Crippen LogP contribution in [0, 0.1) is 12.8 Å². The number of carbonyl (C=O) groups excluding carboxylic acids is 1. The van der Waals surface area contributed by atoms with Crippen molar-refractivity contribution in [2.45, 2.75) is 46.0 Å². The number of thiophene rings is 1. The van der Waals surface area contributed by atoms with Crippen LogP contribution in [0.1, 0.15) is 41.9 Å². The van der Waals surface area contributed by atoms with Crippen molar-refractivity contribution >= 4 is 33.2 Å². The third-order valence-corrected chi connectivity index (χ3v) is 5.64. The summed E-state index contributed by atoms with van der Waals surface area (Å²) < 4.78 is 1.75. The summed E-state index contributed by atoms with van der Waals surface area (Å²) in [5.74, 6) is 0.956. The van der Waals surface area contributed by atoms with Crippen LogP contribution in [-0.2, 0) is 24.1 Å². The molecule has 0 amide bonds. The minimum atomic E-state index is -1.08. The number of aliphatic carboxylic acids is 1. The first-order chi connectivity index (χ1) is 11.0. The van der Waals surface area contributed by atoms with Gasteiger partial charge in [-0.2, -0.15) is 4.52 Å². The highest BCUT2D eigenvalue weighted by molar-refractivity contribution is 7.19. The fourth-order valence-corrected chi connectivity index (χ4v) is 4.72. The zero-order valence-corrected chi connectivity index (χ0v) is 13.9. The summed E-state index contributed by atoms with van der Waals surface area (Å²) in [4.78, 5) is 22.4. The lowest BCUT2D eigenvalue weighted by Crippen LogP contribution is -2.22. The second-order valence-corrected chi connectivity index (χ2v) is 7.41. The van der Waals surface area contributed by atoms with Crippen LogP contribution in [0.2, 0.25) is 0 Å². The van der Waals surface area contributed by atoms with E-state index in [1.165, 1.54) is 16.9 Å². The lowest BCUT2D eigenvalue weighted by atomic mass is 9.89. The van der Waals surface area contributed by atoms with E-state index in [1.54, 1.807) is 15.9 Å². The van der Waals surface area contributed by atoms with Crippen molar-refractivity contribution in [3.8, 4) is 0 Å². The van der Waals surface area contributed by atoms with E-state index in [1.807, 2.05) is 6.92 Å². The Kier molecular flexibility index (Phi) is 3.33. The monoisotopic (exact) mass is 329 g/mol. The van der Waals surface area contributed by atoms with Crippen molar-refractivity contribution < 1.29 is 9.90 Å². The van der Waals surface area contributed by atoms with E-state index in [0.29, 0.717) is 11.7 Å². The van der Waals surface area contributed by atoms with Crippen molar-refractivity contribution in [3.63, 3.8) is 0 Å². The molecule has 0 aliphatic heterocycles. The zero-order valence-electron chi connectivity index (χ0n) is 13.1. The van der Waals surface area contributed by atoms with Gasteiger partial charge in [-0.1, -0.05) is 6.92 Å². The molecule has 0 saturated carbocycles. The lowest BCUT2D eigenvalue weighted by Gasteiger charge is -2.17. The van der Waals surface area contributed by atoms with Gasteiger partial charge in [-0.3, -0.25) is 0 Å². The number of hydrogen-bond donors (Lipinski definition) is 0. The number of carboxylic acids is 1. The Hall–Kier alpha value is -2.02. The minimum absolute atomic E-state index is 0.0637. The summed E-state index contributed by atoms with van der Waals surface area (Å²) in [6, 6.07) is 0. The molecule has 7 heteroatoms. The average Bonchev–Trinajstić information content (AvgIpc) is 3.05. The Balaban J connectivity index is 1.90. The molecule has 3 heterocycles. The van der Waals surface area contributed by atoms with E-state index in [2.05, 4.69) is 17.0 Å². The van der Waals surface area contributed by atoms with Crippen LogP contribution in [-0.4, -0.2) is 25.6 Å². The summed E-state index contributed by atoms with van der Waals surface area (Å²) in [6.45, 7) is 4.20. The van der Waals surface area contributed by atoms with Gasteiger partial charge in [-0.25, -0.2) is 9.97 Å².